The third-order valence-corrected chi connectivity index (χ3v) is 19.6. The number of nitrogens with one attached hydrogen (secondary N) is 1. The molecule has 1 N–H and O–H groups in total. The van der Waals surface area contributed by atoms with E-state index in [1.807, 2.05) is 55.4 Å². The average Bonchev–Trinajstić information content (AvgIpc) is 3.22. The number of fused-ring (bicyclic) bond motifs is 1. The van der Waals surface area contributed by atoms with Crippen LogP contribution < -0.4 is 14.0 Å². The van der Waals surface area contributed by atoms with Gasteiger partial charge in [0.1, 0.15) is 0 Å². The van der Waals surface area contributed by atoms with Gasteiger partial charge in [0.05, 0.1) is 0 Å². The van der Waals surface area contributed by atoms with Crippen LogP contribution in [-0.4, -0.2) is 46.4 Å². The quantitative estimate of drug-likeness (QED) is 0.548. The van der Waals surface area contributed by atoms with Gasteiger partial charge in [0.25, 0.3) is 0 Å². The Morgan fingerprint density at radius 3 is 2.21 bits per heavy atom. The van der Waals surface area contributed by atoms with Gasteiger partial charge in [-0.2, -0.15) is 0 Å². The Bertz CT molecular complexity index is 1100. The maximum atomic E-state index is 13.1. The molecule has 1 heterocycles. The Kier molecular flexibility index (Phi) is 5.88. The molecule has 0 saturated carbocycles. The number of nitrogens with zero attached hydrogens (tertiary/aromatic N) is 1. The van der Waals surface area contributed by atoms with E-state index in [9.17, 15) is 8.42 Å². The van der Waals surface area contributed by atoms with Crippen molar-refractivity contribution in [2.75, 3.05) is 35.2 Å². The minimum atomic E-state index is -3.68. The van der Waals surface area contributed by atoms with Crippen LogP contribution >= 0.6 is 20.0 Å². The van der Waals surface area contributed by atoms with Gasteiger partial charge in [0.2, 0.25) is 0 Å². The Hall–Kier alpha value is -1.27. The number of rotatable bonds is 5. The summed E-state index contributed by atoms with van der Waals surface area (Å²) < 4.78 is 30.4. The van der Waals surface area contributed by atoms with Gasteiger partial charge in [0.15, 0.2) is 0 Å². The van der Waals surface area contributed by atoms with Crippen LogP contribution in [0.5, 0.6) is 0 Å². The molecule has 0 unspecified atom stereocenters. The molecule has 146 valence electrons. The summed E-state index contributed by atoms with van der Waals surface area (Å²) in [5.41, 5.74) is 1.60. The van der Waals surface area contributed by atoms with Gasteiger partial charge in [-0.05, 0) is 0 Å². The van der Waals surface area contributed by atoms with Crippen molar-refractivity contribution in [3.63, 3.8) is 0 Å². The topological polar surface area (TPSA) is 49.4 Å². The summed E-state index contributed by atoms with van der Waals surface area (Å²) in [4.78, 5) is 2.29. The van der Waals surface area contributed by atoms with Gasteiger partial charge in [-0.15, -0.1) is 0 Å². The zero-order valence-electron chi connectivity index (χ0n) is 15.6. The van der Waals surface area contributed by atoms with Gasteiger partial charge >= 0.3 is 178 Å². The molecule has 0 aromatic heterocycles. The molecule has 0 amide bonds. The third-order valence-electron chi connectivity index (χ3n) is 4.46. The summed E-state index contributed by atoms with van der Waals surface area (Å²) in [6.07, 6.45) is 0. The van der Waals surface area contributed by atoms with Crippen molar-refractivity contribution in [3.05, 3.63) is 60.7 Å². The van der Waals surface area contributed by atoms with Crippen LogP contribution in [0.3, 0.4) is 0 Å². The van der Waals surface area contributed by atoms with E-state index in [0.717, 1.165) is 16.5 Å². The summed E-state index contributed by atoms with van der Waals surface area (Å²) in [6.45, 7) is 0. The summed E-state index contributed by atoms with van der Waals surface area (Å²) in [5.74, 6) is 2.46. The van der Waals surface area contributed by atoms with Gasteiger partial charge < -0.3 is 0 Å². The molecule has 1 aliphatic heterocycles. The first-order chi connectivity index (χ1) is 13.5. The standard InChI is InChI=1S/C20H21AsN2O2S3/c1-23(2)19-7-3-6-18-17(19)5-4-8-20(18)28(24,25)22-16-11-9-15(10-12-16)21-26-13-14-27-21/h3-12,22H,13-14H2,1-2H3. The molecule has 0 atom stereocenters. The molecule has 3 aromatic rings. The molecule has 0 spiro atoms. The second-order valence-corrected chi connectivity index (χ2v) is 20.0. The van der Waals surface area contributed by atoms with Crippen LogP contribution in [0.25, 0.3) is 10.8 Å². The molecule has 3 aromatic carbocycles. The first-order valence-corrected chi connectivity index (χ1v) is 17.7. The van der Waals surface area contributed by atoms with Crippen LogP contribution in [0.4, 0.5) is 11.4 Å². The van der Waals surface area contributed by atoms with Crippen LogP contribution in [0, 0.1) is 0 Å². The van der Waals surface area contributed by atoms with Crippen molar-refractivity contribution >= 4 is 68.9 Å². The van der Waals surface area contributed by atoms with Crippen LogP contribution in [-0.2, 0) is 10.0 Å². The van der Waals surface area contributed by atoms with E-state index in [0.29, 0.717) is 10.6 Å². The summed E-state index contributed by atoms with van der Waals surface area (Å²) in [5, 5.41) is 1.65. The number of hydrogen-bond acceptors (Lipinski definition) is 5. The van der Waals surface area contributed by atoms with Gasteiger partial charge in [-0.25, -0.2) is 0 Å². The Morgan fingerprint density at radius 1 is 0.893 bits per heavy atom. The molecular formula is C20H21AsN2O2S3. The molecule has 1 fully saturated rings. The third kappa shape index (κ3) is 4.04. The molecule has 0 aliphatic carbocycles. The second kappa shape index (κ2) is 8.23. The van der Waals surface area contributed by atoms with Crippen molar-refractivity contribution in [2.45, 2.75) is 4.90 Å². The monoisotopic (exact) mass is 492 g/mol. The van der Waals surface area contributed by atoms with Crippen LogP contribution in [0.2, 0.25) is 0 Å². The van der Waals surface area contributed by atoms with E-state index in [1.54, 1.807) is 12.1 Å². The SMILES string of the molecule is CN(C)c1cccc2c(S(=O)(=O)Nc3ccc([As]4SCCS4)cc3)cccc12. The zero-order chi connectivity index (χ0) is 19.7. The van der Waals surface area contributed by atoms with E-state index in [1.165, 1.54) is 15.9 Å². The van der Waals surface area contributed by atoms with E-state index in [2.05, 4.69) is 36.9 Å². The van der Waals surface area contributed by atoms with Crippen molar-refractivity contribution in [1.82, 2.24) is 0 Å². The maximum absolute atomic E-state index is 13.1. The molecule has 4 rings (SSSR count). The summed E-state index contributed by atoms with van der Waals surface area (Å²) >= 11 is -1.04. The molecule has 1 aliphatic rings. The van der Waals surface area contributed by atoms with Crippen LogP contribution in [0.1, 0.15) is 0 Å². The fourth-order valence-corrected chi connectivity index (χ4v) is 18.6. The first kappa shape index (κ1) is 20.0. The van der Waals surface area contributed by atoms with Crippen molar-refractivity contribution in [3.8, 4) is 0 Å². The fraction of sp³-hybridized carbons (Fsp3) is 0.200. The number of anilines is 2. The Morgan fingerprint density at radius 2 is 1.54 bits per heavy atom. The van der Waals surface area contributed by atoms with Crippen LogP contribution in [0.15, 0.2) is 65.6 Å². The molecule has 4 nitrogen and oxygen atoms in total. The molecule has 28 heavy (non-hydrogen) atoms. The molecule has 0 radical (unpaired) electrons. The summed E-state index contributed by atoms with van der Waals surface area (Å²) in [6, 6.07) is 19.1. The first-order valence-electron chi connectivity index (χ1n) is 8.84. The Balaban J connectivity index is 1.66. The predicted octanol–water partition coefficient (Wildman–Crippen LogP) is 3.88. The van der Waals surface area contributed by atoms with Crippen molar-refractivity contribution < 1.29 is 8.42 Å². The number of hydrogen-bond donors (Lipinski definition) is 1. The van der Waals surface area contributed by atoms with E-state index >= 15 is 0 Å². The molecule has 8 heteroatoms. The number of benzene rings is 3. The minimum absolute atomic E-state index is 0.300. The Labute approximate surface area is 177 Å². The summed E-state index contributed by atoms with van der Waals surface area (Å²) in [7, 11) is 4.40. The van der Waals surface area contributed by atoms with Gasteiger partial charge in [0, 0.05) is 0 Å². The normalized spacial score (nSPS) is 15.1. The predicted molar refractivity (Wildman–Crippen MR) is 126 cm³/mol. The van der Waals surface area contributed by atoms with E-state index < -0.39 is 22.4 Å². The van der Waals surface area contributed by atoms with E-state index in [-0.39, 0.29) is 0 Å². The molecular weight excluding hydrogens is 471 g/mol. The molecule has 1 saturated heterocycles. The van der Waals surface area contributed by atoms with E-state index in [4.69, 9.17) is 0 Å². The fourth-order valence-electron chi connectivity index (χ4n) is 3.18. The average molecular weight is 493 g/mol. The van der Waals surface area contributed by atoms with Crippen molar-refractivity contribution in [2.24, 2.45) is 0 Å². The number of sulfonamides is 1. The second-order valence-electron chi connectivity index (χ2n) is 6.60. The van der Waals surface area contributed by atoms with Crippen molar-refractivity contribution in [1.29, 1.82) is 0 Å². The molecule has 0 bridgehead atoms. The zero-order valence-corrected chi connectivity index (χ0v) is 19.9. The van der Waals surface area contributed by atoms with Gasteiger partial charge in [-0.1, -0.05) is 0 Å². The van der Waals surface area contributed by atoms with Gasteiger partial charge in [-0.3, -0.25) is 0 Å².